The van der Waals surface area contributed by atoms with Crippen molar-refractivity contribution in [3.8, 4) is 11.4 Å². The van der Waals surface area contributed by atoms with Crippen LogP contribution in [0.3, 0.4) is 0 Å². The molecule has 5 nitrogen and oxygen atoms in total. The van der Waals surface area contributed by atoms with Crippen molar-refractivity contribution in [2.45, 2.75) is 33.2 Å². The monoisotopic (exact) mass is 383 g/mol. The summed E-state index contributed by atoms with van der Waals surface area (Å²) in [7, 11) is 1.74. The van der Waals surface area contributed by atoms with Crippen LogP contribution >= 0.6 is 11.6 Å². The van der Waals surface area contributed by atoms with Crippen LogP contribution in [0.15, 0.2) is 47.0 Å². The molecule has 0 unspecified atom stereocenters. The molecule has 140 valence electrons. The van der Waals surface area contributed by atoms with Crippen LogP contribution in [0.1, 0.15) is 29.0 Å². The zero-order valence-corrected chi connectivity index (χ0v) is 16.5. The van der Waals surface area contributed by atoms with Gasteiger partial charge in [-0.2, -0.15) is 4.98 Å². The number of carbonyl (C=O) groups excluding carboxylic acids is 1. The minimum absolute atomic E-state index is 0.0331. The highest BCUT2D eigenvalue weighted by molar-refractivity contribution is 6.33. The standard InChI is InChI=1S/C21H22ClN3O2/c1-14-8-9-16(12-15(14)2)10-11-20(26)25(3)13-19-23-21(24-27-19)17-6-4-5-7-18(17)22/h4-9,12H,10-11,13H2,1-3H3. The van der Waals surface area contributed by atoms with E-state index in [1.54, 1.807) is 18.0 Å². The maximum Gasteiger partial charge on any atom is 0.246 e. The van der Waals surface area contributed by atoms with Gasteiger partial charge < -0.3 is 9.42 Å². The van der Waals surface area contributed by atoms with Gasteiger partial charge >= 0.3 is 0 Å². The molecule has 0 aliphatic rings. The molecule has 1 amide bonds. The summed E-state index contributed by atoms with van der Waals surface area (Å²) in [4.78, 5) is 18.4. The Hall–Kier alpha value is -2.66. The molecule has 0 saturated heterocycles. The minimum Gasteiger partial charge on any atom is -0.337 e. The van der Waals surface area contributed by atoms with Crippen molar-refractivity contribution in [3.05, 3.63) is 70.1 Å². The topological polar surface area (TPSA) is 59.2 Å². The highest BCUT2D eigenvalue weighted by Gasteiger charge is 2.16. The van der Waals surface area contributed by atoms with Gasteiger partial charge in [0.15, 0.2) is 0 Å². The number of aryl methyl sites for hydroxylation is 3. The Kier molecular flexibility index (Phi) is 5.91. The fourth-order valence-electron chi connectivity index (χ4n) is 2.76. The molecule has 2 aromatic carbocycles. The lowest BCUT2D eigenvalue weighted by molar-refractivity contribution is -0.130. The fourth-order valence-corrected chi connectivity index (χ4v) is 2.98. The predicted octanol–water partition coefficient (Wildman–Crippen LogP) is 4.60. The van der Waals surface area contributed by atoms with E-state index in [0.29, 0.717) is 35.1 Å². The Morgan fingerprint density at radius 2 is 1.93 bits per heavy atom. The van der Waals surface area contributed by atoms with Gasteiger partial charge in [-0.3, -0.25) is 4.79 Å². The lowest BCUT2D eigenvalue weighted by Crippen LogP contribution is -2.26. The SMILES string of the molecule is Cc1ccc(CCC(=O)N(C)Cc2nc(-c3ccccc3Cl)no2)cc1C. The van der Waals surface area contributed by atoms with Gasteiger partial charge in [0.1, 0.15) is 0 Å². The first-order valence-corrected chi connectivity index (χ1v) is 9.19. The van der Waals surface area contributed by atoms with Gasteiger partial charge in [-0.25, -0.2) is 0 Å². The highest BCUT2D eigenvalue weighted by Crippen LogP contribution is 2.25. The second-order valence-corrected chi connectivity index (χ2v) is 7.07. The minimum atomic E-state index is 0.0331. The smallest absolute Gasteiger partial charge is 0.246 e. The zero-order valence-electron chi connectivity index (χ0n) is 15.7. The quantitative estimate of drug-likeness (QED) is 0.624. The third-order valence-corrected chi connectivity index (χ3v) is 4.91. The molecule has 0 aliphatic heterocycles. The molecular weight excluding hydrogens is 362 g/mol. The van der Waals surface area contributed by atoms with E-state index in [1.165, 1.54) is 16.7 Å². The summed E-state index contributed by atoms with van der Waals surface area (Å²) in [6.45, 7) is 4.43. The van der Waals surface area contributed by atoms with Crippen molar-refractivity contribution in [2.24, 2.45) is 0 Å². The number of nitrogens with zero attached hydrogens (tertiary/aromatic N) is 3. The Balaban J connectivity index is 1.58. The fraction of sp³-hybridized carbons (Fsp3) is 0.286. The molecule has 3 aromatic rings. The predicted molar refractivity (Wildman–Crippen MR) is 105 cm³/mol. The summed E-state index contributed by atoms with van der Waals surface area (Å²) in [5.41, 5.74) is 4.37. The van der Waals surface area contributed by atoms with E-state index >= 15 is 0 Å². The van der Waals surface area contributed by atoms with Crippen LogP contribution in [0, 0.1) is 13.8 Å². The Labute approximate surface area is 164 Å². The number of hydrogen-bond acceptors (Lipinski definition) is 4. The van der Waals surface area contributed by atoms with E-state index < -0.39 is 0 Å². The van der Waals surface area contributed by atoms with Crippen LogP contribution in [-0.2, 0) is 17.8 Å². The van der Waals surface area contributed by atoms with Crippen molar-refractivity contribution in [1.82, 2.24) is 15.0 Å². The van der Waals surface area contributed by atoms with Crippen molar-refractivity contribution in [3.63, 3.8) is 0 Å². The molecule has 0 saturated carbocycles. The lowest BCUT2D eigenvalue weighted by Gasteiger charge is -2.14. The maximum absolute atomic E-state index is 12.4. The van der Waals surface area contributed by atoms with E-state index in [2.05, 4.69) is 42.2 Å². The molecule has 0 bridgehead atoms. The van der Waals surface area contributed by atoms with Crippen molar-refractivity contribution >= 4 is 17.5 Å². The number of amides is 1. The summed E-state index contributed by atoms with van der Waals surface area (Å²) < 4.78 is 5.27. The molecular formula is C21H22ClN3O2. The molecule has 0 fully saturated rings. The van der Waals surface area contributed by atoms with Gasteiger partial charge in [0.05, 0.1) is 11.6 Å². The largest absolute Gasteiger partial charge is 0.337 e. The molecule has 3 rings (SSSR count). The number of carbonyl (C=O) groups is 1. The number of aromatic nitrogens is 2. The second kappa shape index (κ2) is 8.35. The second-order valence-electron chi connectivity index (χ2n) is 6.66. The number of halogens is 1. The average molecular weight is 384 g/mol. The average Bonchev–Trinajstić information content (AvgIpc) is 3.11. The molecule has 0 atom stereocenters. The summed E-state index contributed by atoms with van der Waals surface area (Å²) in [6.07, 6.45) is 1.14. The molecule has 0 aliphatic carbocycles. The Morgan fingerprint density at radius 3 is 2.67 bits per heavy atom. The molecule has 1 heterocycles. The molecule has 0 spiro atoms. The van der Waals surface area contributed by atoms with E-state index in [0.717, 1.165) is 0 Å². The first-order valence-electron chi connectivity index (χ1n) is 8.81. The van der Waals surface area contributed by atoms with E-state index in [1.807, 2.05) is 18.2 Å². The van der Waals surface area contributed by atoms with Crippen LogP contribution in [0.2, 0.25) is 5.02 Å². The first kappa shape index (κ1) is 19.1. The van der Waals surface area contributed by atoms with Crippen LogP contribution in [0.5, 0.6) is 0 Å². The highest BCUT2D eigenvalue weighted by atomic mass is 35.5. The lowest BCUT2D eigenvalue weighted by atomic mass is 10.0. The molecule has 0 radical (unpaired) electrons. The summed E-state index contributed by atoms with van der Waals surface area (Å²) in [5.74, 6) is 0.837. The van der Waals surface area contributed by atoms with Crippen molar-refractivity contribution in [1.29, 1.82) is 0 Å². The summed E-state index contributed by atoms with van der Waals surface area (Å²) in [5, 5.41) is 4.52. The molecule has 1 aromatic heterocycles. The third kappa shape index (κ3) is 4.74. The van der Waals surface area contributed by atoms with Gasteiger partial charge in [-0.15, -0.1) is 0 Å². The first-order chi connectivity index (χ1) is 12.9. The number of hydrogen-bond donors (Lipinski definition) is 0. The maximum atomic E-state index is 12.4. The van der Waals surface area contributed by atoms with E-state index in [9.17, 15) is 4.79 Å². The third-order valence-electron chi connectivity index (χ3n) is 4.58. The van der Waals surface area contributed by atoms with Crippen LogP contribution < -0.4 is 0 Å². The molecule has 0 N–H and O–H groups in total. The zero-order chi connectivity index (χ0) is 19.4. The summed E-state index contributed by atoms with van der Waals surface area (Å²) >= 11 is 6.16. The van der Waals surface area contributed by atoms with Gasteiger partial charge in [0.25, 0.3) is 0 Å². The molecule has 27 heavy (non-hydrogen) atoms. The van der Waals surface area contributed by atoms with Gasteiger partial charge in [0, 0.05) is 19.0 Å². The van der Waals surface area contributed by atoms with Gasteiger partial charge in [0.2, 0.25) is 17.6 Å². The van der Waals surface area contributed by atoms with Crippen molar-refractivity contribution < 1.29 is 9.32 Å². The van der Waals surface area contributed by atoms with Gasteiger partial charge in [-0.05, 0) is 49.1 Å². The Bertz CT molecular complexity index is 952. The number of rotatable bonds is 6. The van der Waals surface area contributed by atoms with E-state index in [4.69, 9.17) is 16.1 Å². The molecule has 6 heteroatoms. The van der Waals surface area contributed by atoms with Crippen LogP contribution in [-0.4, -0.2) is 28.0 Å². The summed E-state index contributed by atoms with van der Waals surface area (Å²) in [6, 6.07) is 13.6. The van der Waals surface area contributed by atoms with Crippen LogP contribution in [0.25, 0.3) is 11.4 Å². The Morgan fingerprint density at radius 1 is 1.15 bits per heavy atom. The van der Waals surface area contributed by atoms with E-state index in [-0.39, 0.29) is 12.5 Å². The van der Waals surface area contributed by atoms with Crippen molar-refractivity contribution in [2.75, 3.05) is 7.05 Å². The normalized spacial score (nSPS) is 10.8. The van der Waals surface area contributed by atoms with Gasteiger partial charge in [-0.1, -0.05) is 47.1 Å². The number of benzene rings is 2. The van der Waals surface area contributed by atoms with Crippen LogP contribution in [0.4, 0.5) is 0 Å².